The summed E-state index contributed by atoms with van der Waals surface area (Å²) in [5, 5.41) is 19.0. The molecule has 0 aromatic heterocycles. The molecular weight excluding hydrogens is 274 g/mol. The first-order valence-corrected chi connectivity index (χ1v) is 7.00. The fourth-order valence-electron chi connectivity index (χ4n) is 2.49. The highest BCUT2D eigenvalue weighted by Gasteiger charge is 2.30. The molecule has 1 fully saturated rings. The number of benzene rings is 1. The number of nitrogens with zero attached hydrogens (tertiary/aromatic N) is 1. The van der Waals surface area contributed by atoms with Gasteiger partial charge >= 0.3 is 5.97 Å². The molecular formula is C15H19NO5. The van der Waals surface area contributed by atoms with Gasteiger partial charge in [-0.05, 0) is 31.9 Å². The lowest BCUT2D eigenvalue weighted by atomic mass is 9.97. The highest BCUT2D eigenvalue weighted by molar-refractivity contribution is 5.97. The van der Waals surface area contributed by atoms with E-state index in [1.165, 1.54) is 17.0 Å². The number of phenolic OH excluding ortho intramolecular Hbond substituents is 2. The predicted octanol–water partition coefficient (Wildman–Crippen LogP) is 1.51. The lowest BCUT2D eigenvalue weighted by Crippen LogP contribution is -2.42. The number of esters is 1. The number of hydrogen-bond donors (Lipinski definition) is 2. The Morgan fingerprint density at radius 3 is 2.81 bits per heavy atom. The van der Waals surface area contributed by atoms with Crippen LogP contribution in [-0.4, -0.2) is 46.7 Å². The first-order valence-electron chi connectivity index (χ1n) is 7.00. The van der Waals surface area contributed by atoms with E-state index >= 15 is 0 Å². The van der Waals surface area contributed by atoms with Crippen LogP contribution in [0.2, 0.25) is 0 Å². The van der Waals surface area contributed by atoms with Crippen LogP contribution in [0.5, 0.6) is 11.5 Å². The number of aromatic hydroxyl groups is 2. The van der Waals surface area contributed by atoms with E-state index in [1.54, 1.807) is 6.92 Å². The number of hydrogen-bond acceptors (Lipinski definition) is 5. The van der Waals surface area contributed by atoms with E-state index in [0.29, 0.717) is 26.0 Å². The van der Waals surface area contributed by atoms with Crippen molar-refractivity contribution in [3.05, 3.63) is 23.8 Å². The molecule has 0 saturated carbocycles. The van der Waals surface area contributed by atoms with Crippen molar-refractivity contribution in [2.75, 3.05) is 19.7 Å². The molecule has 1 aliphatic rings. The highest BCUT2D eigenvalue weighted by atomic mass is 16.5. The van der Waals surface area contributed by atoms with E-state index in [0.717, 1.165) is 6.07 Å². The number of carbonyl (C=O) groups excluding carboxylic acids is 2. The second kappa shape index (κ2) is 6.47. The predicted molar refractivity (Wildman–Crippen MR) is 75.0 cm³/mol. The molecule has 2 rings (SSSR count). The molecule has 6 nitrogen and oxygen atoms in total. The average molecular weight is 293 g/mol. The van der Waals surface area contributed by atoms with Gasteiger partial charge in [0.1, 0.15) is 11.5 Å². The zero-order valence-corrected chi connectivity index (χ0v) is 11.9. The Hall–Kier alpha value is -2.24. The van der Waals surface area contributed by atoms with E-state index < -0.39 is 0 Å². The van der Waals surface area contributed by atoms with Gasteiger partial charge in [0.05, 0.1) is 18.1 Å². The van der Waals surface area contributed by atoms with Gasteiger partial charge in [0.2, 0.25) is 0 Å². The van der Waals surface area contributed by atoms with Crippen LogP contribution in [0.15, 0.2) is 18.2 Å². The summed E-state index contributed by atoms with van der Waals surface area (Å²) < 4.78 is 5.00. The van der Waals surface area contributed by atoms with Crippen LogP contribution in [0, 0.1) is 5.92 Å². The number of ether oxygens (including phenoxy) is 1. The summed E-state index contributed by atoms with van der Waals surface area (Å²) in [7, 11) is 0. The zero-order valence-electron chi connectivity index (χ0n) is 11.9. The molecule has 1 amide bonds. The quantitative estimate of drug-likeness (QED) is 0.825. The van der Waals surface area contributed by atoms with Crippen LogP contribution in [-0.2, 0) is 9.53 Å². The van der Waals surface area contributed by atoms with Crippen LogP contribution in [0.3, 0.4) is 0 Å². The number of piperidine rings is 1. The fraction of sp³-hybridized carbons (Fsp3) is 0.467. The Morgan fingerprint density at radius 2 is 2.14 bits per heavy atom. The molecule has 21 heavy (non-hydrogen) atoms. The number of amides is 1. The van der Waals surface area contributed by atoms with Gasteiger partial charge in [-0.1, -0.05) is 0 Å². The summed E-state index contributed by atoms with van der Waals surface area (Å²) in [6.45, 7) is 2.90. The molecule has 1 saturated heterocycles. The molecule has 1 heterocycles. The Morgan fingerprint density at radius 1 is 1.38 bits per heavy atom. The van der Waals surface area contributed by atoms with Crippen molar-refractivity contribution in [3.8, 4) is 11.5 Å². The van der Waals surface area contributed by atoms with Crippen molar-refractivity contribution in [3.63, 3.8) is 0 Å². The number of carbonyl (C=O) groups is 2. The van der Waals surface area contributed by atoms with Gasteiger partial charge in [0.15, 0.2) is 0 Å². The van der Waals surface area contributed by atoms with E-state index in [4.69, 9.17) is 4.74 Å². The summed E-state index contributed by atoms with van der Waals surface area (Å²) in [5.74, 6) is -1.32. The number of likely N-dealkylation sites (tertiary alicyclic amines) is 1. The minimum atomic E-state index is -0.346. The maximum absolute atomic E-state index is 12.4. The average Bonchev–Trinajstić information content (AvgIpc) is 2.47. The van der Waals surface area contributed by atoms with Gasteiger partial charge in [-0.2, -0.15) is 0 Å². The summed E-state index contributed by atoms with van der Waals surface area (Å²) in [4.78, 5) is 25.7. The first kappa shape index (κ1) is 15.2. The van der Waals surface area contributed by atoms with E-state index in [1.807, 2.05) is 0 Å². The molecule has 0 bridgehead atoms. The molecule has 1 atom stereocenters. The standard InChI is InChI=1S/C15H19NO5/c1-2-21-15(20)10-4-3-7-16(9-10)14(19)12-6-5-11(17)8-13(12)18/h5-6,8,10,17-18H,2-4,7,9H2,1H3/t10-/m0/s1. The maximum atomic E-state index is 12.4. The molecule has 114 valence electrons. The van der Waals surface area contributed by atoms with Crippen LogP contribution in [0.25, 0.3) is 0 Å². The summed E-state index contributed by atoms with van der Waals surface area (Å²) in [6.07, 6.45) is 1.41. The SMILES string of the molecule is CCOC(=O)[C@H]1CCCN(C(=O)c2ccc(O)cc2O)C1. The zero-order chi connectivity index (χ0) is 15.4. The van der Waals surface area contributed by atoms with Crippen molar-refractivity contribution < 1.29 is 24.5 Å². The van der Waals surface area contributed by atoms with Crippen LogP contribution >= 0.6 is 0 Å². The maximum Gasteiger partial charge on any atom is 0.310 e. The van der Waals surface area contributed by atoms with E-state index in [2.05, 4.69) is 0 Å². The minimum absolute atomic E-state index is 0.105. The molecule has 1 aromatic carbocycles. The smallest absolute Gasteiger partial charge is 0.310 e. The summed E-state index contributed by atoms with van der Waals surface area (Å²) >= 11 is 0. The highest BCUT2D eigenvalue weighted by Crippen LogP contribution is 2.26. The van der Waals surface area contributed by atoms with Gasteiger partial charge in [0, 0.05) is 19.2 Å². The molecule has 1 aromatic rings. The van der Waals surface area contributed by atoms with Crippen molar-refractivity contribution in [2.24, 2.45) is 5.92 Å². The molecule has 0 aliphatic carbocycles. The van der Waals surface area contributed by atoms with Crippen molar-refractivity contribution in [2.45, 2.75) is 19.8 Å². The van der Waals surface area contributed by atoms with E-state index in [-0.39, 0.29) is 41.4 Å². The van der Waals surface area contributed by atoms with Gasteiger partial charge in [-0.3, -0.25) is 9.59 Å². The molecule has 6 heteroatoms. The lowest BCUT2D eigenvalue weighted by molar-refractivity contribution is -0.149. The van der Waals surface area contributed by atoms with Gasteiger partial charge in [-0.25, -0.2) is 0 Å². The van der Waals surface area contributed by atoms with E-state index in [9.17, 15) is 19.8 Å². The molecule has 0 spiro atoms. The Labute approximate surface area is 122 Å². The lowest BCUT2D eigenvalue weighted by Gasteiger charge is -2.31. The molecule has 1 aliphatic heterocycles. The third-order valence-electron chi connectivity index (χ3n) is 3.54. The second-order valence-corrected chi connectivity index (χ2v) is 5.04. The monoisotopic (exact) mass is 293 g/mol. The van der Waals surface area contributed by atoms with Crippen LogP contribution in [0.1, 0.15) is 30.1 Å². The molecule has 2 N–H and O–H groups in total. The van der Waals surface area contributed by atoms with Gasteiger partial charge < -0.3 is 19.8 Å². The van der Waals surface area contributed by atoms with Crippen LogP contribution < -0.4 is 0 Å². The van der Waals surface area contributed by atoms with Gasteiger partial charge in [0.25, 0.3) is 5.91 Å². The minimum Gasteiger partial charge on any atom is -0.508 e. The first-order chi connectivity index (χ1) is 10.0. The van der Waals surface area contributed by atoms with Crippen molar-refractivity contribution in [1.29, 1.82) is 0 Å². The van der Waals surface area contributed by atoms with Crippen molar-refractivity contribution >= 4 is 11.9 Å². The van der Waals surface area contributed by atoms with Gasteiger partial charge in [-0.15, -0.1) is 0 Å². The topological polar surface area (TPSA) is 87.1 Å². The second-order valence-electron chi connectivity index (χ2n) is 5.04. The summed E-state index contributed by atoms with van der Waals surface area (Å²) in [6, 6.07) is 3.85. The third kappa shape index (κ3) is 3.45. The van der Waals surface area contributed by atoms with Crippen LogP contribution in [0.4, 0.5) is 0 Å². The van der Waals surface area contributed by atoms with Crippen molar-refractivity contribution in [1.82, 2.24) is 4.90 Å². The Balaban J connectivity index is 2.10. The summed E-state index contributed by atoms with van der Waals surface area (Å²) in [5.41, 5.74) is 0.123. The largest absolute Gasteiger partial charge is 0.508 e. The Bertz CT molecular complexity index is 543. The number of rotatable bonds is 3. The normalized spacial score (nSPS) is 18.3. The fourth-order valence-corrected chi connectivity index (χ4v) is 2.49. The third-order valence-corrected chi connectivity index (χ3v) is 3.54. The molecule has 0 unspecified atom stereocenters. The molecule has 0 radical (unpaired) electrons. The Kier molecular flexibility index (Phi) is 4.67. The number of phenols is 2.